The van der Waals surface area contributed by atoms with Gasteiger partial charge in [-0.2, -0.15) is 13.2 Å². The van der Waals surface area contributed by atoms with E-state index < -0.39 is 19.1 Å². The molecule has 7 heteroatoms. The highest BCUT2D eigenvalue weighted by atomic mass is 31.2. The van der Waals surface area contributed by atoms with Crippen LogP contribution in [0.4, 0.5) is 13.2 Å². The van der Waals surface area contributed by atoms with E-state index in [0.29, 0.717) is 0 Å². The van der Waals surface area contributed by atoms with Gasteiger partial charge in [0, 0.05) is 6.08 Å². The summed E-state index contributed by atoms with van der Waals surface area (Å²) in [6.07, 6.45) is -4.64. The van der Waals surface area contributed by atoms with Crippen LogP contribution in [0.25, 0.3) is 5.31 Å². The molecule has 0 aromatic heterocycles. The van der Waals surface area contributed by atoms with Crippen molar-refractivity contribution in [2.45, 2.75) is 20.0 Å². The van der Waals surface area contributed by atoms with Crippen molar-refractivity contribution in [3.8, 4) is 0 Å². The first-order valence-electron chi connectivity index (χ1n) is 6.07. The first kappa shape index (κ1) is 17.0. The molecule has 0 saturated carbocycles. The lowest BCUT2D eigenvalue weighted by molar-refractivity contribution is -0.0793. The van der Waals surface area contributed by atoms with Gasteiger partial charge in [0.15, 0.2) is 0 Å². The molecule has 0 fully saturated rings. The van der Waals surface area contributed by atoms with Gasteiger partial charge in [-0.25, -0.2) is 0 Å². The third-order valence-electron chi connectivity index (χ3n) is 2.26. The van der Waals surface area contributed by atoms with Gasteiger partial charge in [0.1, 0.15) is 0 Å². The maximum absolute atomic E-state index is 12.7. The first-order chi connectivity index (χ1) is 9.32. The van der Waals surface area contributed by atoms with Crippen molar-refractivity contribution in [2.24, 2.45) is 0 Å². The Labute approximate surface area is 115 Å². The zero-order chi connectivity index (χ0) is 15.2. The molecule has 3 nitrogen and oxygen atoms in total. The Morgan fingerprint density at radius 3 is 2.05 bits per heavy atom. The molecule has 0 unspecified atom stereocenters. The Kier molecular flexibility index (Phi) is 5.99. The second-order valence-electron chi connectivity index (χ2n) is 3.77. The van der Waals surface area contributed by atoms with E-state index in [4.69, 9.17) is 9.05 Å². The average Bonchev–Trinajstić information content (AvgIpc) is 2.36. The predicted octanol–water partition coefficient (Wildman–Crippen LogP) is 4.86. The molecule has 0 bridgehead atoms. The van der Waals surface area contributed by atoms with Gasteiger partial charge < -0.3 is 9.05 Å². The minimum Gasteiger partial charge on any atom is -0.305 e. The zero-order valence-electron chi connectivity index (χ0n) is 11.2. The van der Waals surface area contributed by atoms with Crippen LogP contribution < -0.4 is 0 Å². The predicted molar refractivity (Wildman–Crippen MR) is 71.3 cm³/mol. The van der Waals surface area contributed by atoms with Crippen LogP contribution in [0.2, 0.25) is 0 Å². The maximum atomic E-state index is 12.7. The summed E-state index contributed by atoms with van der Waals surface area (Å²) in [5.74, 6) is 0. The Morgan fingerprint density at radius 2 is 1.65 bits per heavy atom. The standard InChI is InChI=1S/C13H16F3O3P/c1-3-18-20(17,19-4-2)12(10-13(14,15)16)11-8-6-5-7-9-11/h5-10H,3-4H2,1-2H3/b12-10+. The SMILES string of the molecule is CCOP(=O)(OCC)/C(=C/C(F)(F)F)c1ccccc1. The quantitative estimate of drug-likeness (QED) is 0.704. The van der Waals surface area contributed by atoms with Crippen molar-refractivity contribution in [3.05, 3.63) is 42.0 Å². The highest BCUT2D eigenvalue weighted by Gasteiger charge is 2.36. The molecular weight excluding hydrogens is 292 g/mol. The molecule has 0 spiro atoms. The van der Waals surface area contributed by atoms with Crippen LogP contribution in [0.15, 0.2) is 36.4 Å². The zero-order valence-corrected chi connectivity index (χ0v) is 12.1. The van der Waals surface area contributed by atoms with E-state index in [1.165, 1.54) is 12.1 Å². The number of rotatable bonds is 6. The van der Waals surface area contributed by atoms with Crippen molar-refractivity contribution >= 4 is 12.9 Å². The Balaban J connectivity index is 3.37. The lowest BCUT2D eigenvalue weighted by Crippen LogP contribution is -2.06. The summed E-state index contributed by atoms with van der Waals surface area (Å²) in [6, 6.07) is 7.63. The second kappa shape index (κ2) is 7.07. The molecule has 1 rings (SSSR count). The summed E-state index contributed by atoms with van der Waals surface area (Å²) in [5, 5.41) is -0.478. The highest BCUT2D eigenvalue weighted by molar-refractivity contribution is 7.65. The monoisotopic (exact) mass is 308 g/mol. The molecule has 0 aliphatic heterocycles. The summed E-state index contributed by atoms with van der Waals surface area (Å²) >= 11 is 0. The summed E-state index contributed by atoms with van der Waals surface area (Å²) in [6.45, 7) is 3.06. The van der Waals surface area contributed by atoms with Crippen LogP contribution >= 0.6 is 7.60 Å². The van der Waals surface area contributed by atoms with E-state index >= 15 is 0 Å². The van der Waals surface area contributed by atoms with E-state index in [1.54, 1.807) is 32.0 Å². The number of allylic oxidation sites excluding steroid dienone is 1. The van der Waals surface area contributed by atoms with Gasteiger partial charge in [-0.05, 0) is 19.4 Å². The van der Waals surface area contributed by atoms with Gasteiger partial charge in [0.2, 0.25) is 0 Å². The van der Waals surface area contributed by atoms with Crippen molar-refractivity contribution in [1.82, 2.24) is 0 Å². The second-order valence-corrected chi connectivity index (χ2v) is 5.76. The molecular formula is C13H16F3O3P. The molecule has 0 saturated heterocycles. The van der Waals surface area contributed by atoms with E-state index in [0.717, 1.165) is 0 Å². The van der Waals surface area contributed by atoms with E-state index in [2.05, 4.69) is 0 Å². The smallest absolute Gasteiger partial charge is 0.305 e. The third-order valence-corrected chi connectivity index (χ3v) is 4.44. The number of halogens is 3. The summed E-state index contributed by atoms with van der Waals surface area (Å²) in [5.41, 5.74) is 0.162. The lowest BCUT2D eigenvalue weighted by atomic mass is 10.2. The van der Waals surface area contributed by atoms with Gasteiger partial charge in [-0.1, -0.05) is 30.3 Å². The van der Waals surface area contributed by atoms with E-state index in [1.807, 2.05) is 0 Å². The number of hydrogen-bond donors (Lipinski definition) is 0. The van der Waals surface area contributed by atoms with E-state index in [-0.39, 0.29) is 24.9 Å². The summed E-state index contributed by atoms with van der Waals surface area (Å²) in [7, 11) is -4.01. The van der Waals surface area contributed by atoms with Crippen LogP contribution in [0.3, 0.4) is 0 Å². The highest BCUT2D eigenvalue weighted by Crippen LogP contribution is 2.61. The molecule has 112 valence electrons. The molecule has 0 aliphatic carbocycles. The molecule has 1 aromatic carbocycles. The van der Waals surface area contributed by atoms with Gasteiger partial charge in [-0.15, -0.1) is 0 Å². The summed E-state index contributed by atoms with van der Waals surface area (Å²) < 4.78 is 60.7. The van der Waals surface area contributed by atoms with Gasteiger partial charge in [-0.3, -0.25) is 4.57 Å². The van der Waals surface area contributed by atoms with Gasteiger partial charge in [0.25, 0.3) is 0 Å². The number of hydrogen-bond acceptors (Lipinski definition) is 3. The fraction of sp³-hybridized carbons (Fsp3) is 0.385. The van der Waals surface area contributed by atoms with Crippen molar-refractivity contribution in [3.63, 3.8) is 0 Å². The molecule has 0 N–H and O–H groups in total. The number of benzene rings is 1. The van der Waals surface area contributed by atoms with Crippen LogP contribution in [0, 0.1) is 0 Å². The maximum Gasteiger partial charge on any atom is 0.410 e. The van der Waals surface area contributed by atoms with Gasteiger partial charge >= 0.3 is 13.8 Å². The van der Waals surface area contributed by atoms with Gasteiger partial charge in [0.05, 0.1) is 18.5 Å². The Bertz CT molecular complexity index is 487. The van der Waals surface area contributed by atoms with E-state index in [9.17, 15) is 17.7 Å². The van der Waals surface area contributed by atoms with Crippen molar-refractivity contribution in [2.75, 3.05) is 13.2 Å². The average molecular weight is 308 g/mol. The largest absolute Gasteiger partial charge is 0.410 e. The third kappa shape index (κ3) is 4.78. The first-order valence-corrected chi connectivity index (χ1v) is 7.61. The lowest BCUT2D eigenvalue weighted by Gasteiger charge is -2.21. The number of alkyl halides is 3. The Morgan fingerprint density at radius 1 is 1.15 bits per heavy atom. The molecule has 0 amide bonds. The van der Waals surface area contributed by atoms with Crippen LogP contribution in [-0.2, 0) is 13.6 Å². The molecule has 0 aliphatic rings. The molecule has 0 heterocycles. The van der Waals surface area contributed by atoms with Crippen LogP contribution in [0.1, 0.15) is 19.4 Å². The summed E-state index contributed by atoms with van der Waals surface area (Å²) in [4.78, 5) is 0. The normalized spacial score (nSPS) is 13.6. The van der Waals surface area contributed by atoms with Crippen LogP contribution in [-0.4, -0.2) is 19.4 Å². The molecule has 0 atom stereocenters. The minimum absolute atomic E-state index is 0.0146. The van der Waals surface area contributed by atoms with Crippen molar-refractivity contribution in [1.29, 1.82) is 0 Å². The molecule has 20 heavy (non-hydrogen) atoms. The fourth-order valence-corrected chi connectivity index (χ4v) is 3.40. The molecule has 0 radical (unpaired) electrons. The molecule has 1 aromatic rings. The minimum atomic E-state index is -4.62. The Hall–Kier alpha value is -1.10. The van der Waals surface area contributed by atoms with Crippen molar-refractivity contribution < 1.29 is 26.8 Å². The van der Waals surface area contributed by atoms with Crippen LogP contribution in [0.5, 0.6) is 0 Å². The topological polar surface area (TPSA) is 35.5 Å². The fourth-order valence-electron chi connectivity index (χ4n) is 1.60.